The molecule has 2 heterocycles. The monoisotopic (exact) mass is 433 g/mol. The second kappa shape index (κ2) is 9.04. The highest BCUT2D eigenvalue weighted by Crippen LogP contribution is 2.31. The number of piperidine rings is 1. The Morgan fingerprint density at radius 2 is 2.06 bits per heavy atom. The lowest BCUT2D eigenvalue weighted by Crippen LogP contribution is -2.37. The van der Waals surface area contributed by atoms with E-state index in [0.29, 0.717) is 11.4 Å². The molecular weight excluding hydrogens is 402 g/mol. The number of nitrogens with two attached hydrogens (primary N) is 1. The summed E-state index contributed by atoms with van der Waals surface area (Å²) in [5, 5.41) is 12.7. The molecule has 1 fully saturated rings. The maximum absolute atomic E-state index is 12.8. The van der Waals surface area contributed by atoms with Crippen molar-refractivity contribution < 1.29 is 5.11 Å². The van der Waals surface area contributed by atoms with Crippen LogP contribution in [-0.2, 0) is 7.05 Å². The zero-order chi connectivity index (χ0) is 22.8. The van der Waals surface area contributed by atoms with Crippen molar-refractivity contribution in [2.75, 3.05) is 35.6 Å². The first-order valence-corrected chi connectivity index (χ1v) is 11.0. The number of aliphatic hydroxyl groups excluding tert-OH is 1. The molecule has 168 valence electrons. The summed E-state index contributed by atoms with van der Waals surface area (Å²) in [7, 11) is 1.73. The van der Waals surface area contributed by atoms with Gasteiger partial charge in [0, 0.05) is 44.2 Å². The van der Waals surface area contributed by atoms with Gasteiger partial charge in [-0.1, -0.05) is 18.2 Å². The predicted octanol–water partition coefficient (Wildman–Crippen LogP) is 3.60. The Bertz CT molecular complexity index is 1190. The van der Waals surface area contributed by atoms with Gasteiger partial charge >= 0.3 is 0 Å². The van der Waals surface area contributed by atoms with Crippen molar-refractivity contribution in [2.45, 2.75) is 26.7 Å². The summed E-state index contributed by atoms with van der Waals surface area (Å²) in [4.78, 5) is 19.6. The molecule has 7 heteroatoms. The Morgan fingerprint density at radius 3 is 2.81 bits per heavy atom. The first kappa shape index (κ1) is 21.9. The summed E-state index contributed by atoms with van der Waals surface area (Å²) in [5.74, 6) is 0.539. The van der Waals surface area contributed by atoms with Crippen LogP contribution in [0.4, 0.5) is 22.9 Å². The number of aliphatic hydroxyl groups is 1. The van der Waals surface area contributed by atoms with Gasteiger partial charge < -0.3 is 25.6 Å². The number of anilines is 4. The number of aromatic nitrogens is 2. The van der Waals surface area contributed by atoms with E-state index in [1.54, 1.807) is 17.8 Å². The molecule has 0 saturated carbocycles. The van der Waals surface area contributed by atoms with Crippen LogP contribution in [0.15, 0.2) is 47.4 Å². The van der Waals surface area contributed by atoms with Crippen LogP contribution in [0.1, 0.15) is 24.0 Å². The molecule has 1 aromatic heterocycles. The predicted molar refractivity (Wildman–Crippen MR) is 131 cm³/mol. The van der Waals surface area contributed by atoms with E-state index in [-0.39, 0.29) is 23.9 Å². The number of nitrogen functional groups attached to an aromatic ring is 1. The van der Waals surface area contributed by atoms with Gasteiger partial charge in [0.15, 0.2) is 5.82 Å². The van der Waals surface area contributed by atoms with Crippen LogP contribution in [-0.4, -0.2) is 34.4 Å². The highest BCUT2D eigenvalue weighted by molar-refractivity contribution is 5.75. The van der Waals surface area contributed by atoms with E-state index < -0.39 is 0 Å². The third-order valence-corrected chi connectivity index (χ3v) is 6.36. The van der Waals surface area contributed by atoms with Gasteiger partial charge in [-0.25, -0.2) is 4.98 Å². The van der Waals surface area contributed by atoms with Crippen molar-refractivity contribution >= 4 is 22.9 Å². The van der Waals surface area contributed by atoms with Crippen LogP contribution in [0, 0.1) is 19.8 Å². The largest absolute Gasteiger partial charge is 0.397 e. The summed E-state index contributed by atoms with van der Waals surface area (Å²) in [6.45, 7) is 6.05. The van der Waals surface area contributed by atoms with Gasteiger partial charge in [-0.05, 0) is 61.9 Å². The second-order valence-corrected chi connectivity index (χ2v) is 8.67. The molecule has 0 spiro atoms. The normalized spacial score (nSPS) is 16.2. The standard InChI is InChI=1S/C25H31N5O2/c1-16-6-4-8-20(17(16)2)22-14-29(3)25(32)24(28-22)27-19-9-10-23(21(26)12-19)30-11-5-7-18(13-30)15-31/h4,6,8-10,12,14,18,31H,5,7,11,13,15,26H2,1-3H3,(H,27,28). The van der Waals surface area contributed by atoms with Crippen molar-refractivity contribution in [1.82, 2.24) is 9.55 Å². The van der Waals surface area contributed by atoms with Crippen LogP contribution < -0.4 is 21.5 Å². The van der Waals surface area contributed by atoms with Crippen LogP contribution in [0.5, 0.6) is 0 Å². The van der Waals surface area contributed by atoms with Crippen molar-refractivity contribution in [3.05, 3.63) is 64.1 Å². The quantitative estimate of drug-likeness (QED) is 0.532. The highest BCUT2D eigenvalue weighted by Gasteiger charge is 2.21. The summed E-state index contributed by atoms with van der Waals surface area (Å²) >= 11 is 0. The minimum absolute atomic E-state index is 0.196. The fourth-order valence-electron chi connectivity index (χ4n) is 4.34. The van der Waals surface area contributed by atoms with Crippen LogP contribution in [0.2, 0.25) is 0 Å². The molecule has 3 aromatic rings. The smallest absolute Gasteiger partial charge is 0.293 e. The molecule has 32 heavy (non-hydrogen) atoms. The van der Waals surface area contributed by atoms with E-state index >= 15 is 0 Å². The fourth-order valence-corrected chi connectivity index (χ4v) is 4.34. The molecule has 0 radical (unpaired) electrons. The minimum atomic E-state index is -0.205. The molecule has 1 unspecified atom stereocenters. The fraction of sp³-hybridized carbons (Fsp3) is 0.360. The molecule has 1 saturated heterocycles. The molecular formula is C25H31N5O2. The average Bonchev–Trinajstić information content (AvgIpc) is 2.79. The number of rotatable bonds is 5. The van der Waals surface area contributed by atoms with E-state index in [1.807, 2.05) is 30.3 Å². The van der Waals surface area contributed by atoms with Crippen LogP contribution in [0.25, 0.3) is 11.3 Å². The Labute approximate surface area is 188 Å². The van der Waals surface area contributed by atoms with Gasteiger partial charge in [-0.15, -0.1) is 0 Å². The number of nitrogens with one attached hydrogen (secondary N) is 1. The van der Waals surface area contributed by atoms with Gasteiger partial charge in [0.05, 0.1) is 17.1 Å². The molecule has 2 aromatic carbocycles. The first-order chi connectivity index (χ1) is 15.4. The number of hydrogen-bond donors (Lipinski definition) is 3. The van der Waals surface area contributed by atoms with E-state index in [9.17, 15) is 9.90 Å². The second-order valence-electron chi connectivity index (χ2n) is 8.67. The number of hydrogen-bond acceptors (Lipinski definition) is 6. The molecule has 1 atom stereocenters. The van der Waals surface area contributed by atoms with Crippen molar-refractivity contribution in [3.8, 4) is 11.3 Å². The van der Waals surface area contributed by atoms with Gasteiger partial charge in [0.25, 0.3) is 5.56 Å². The van der Waals surface area contributed by atoms with Gasteiger partial charge in [0.2, 0.25) is 0 Å². The average molecular weight is 434 g/mol. The lowest BCUT2D eigenvalue weighted by atomic mass is 9.98. The third-order valence-electron chi connectivity index (χ3n) is 6.36. The van der Waals surface area contributed by atoms with Gasteiger partial charge in [-0.2, -0.15) is 0 Å². The van der Waals surface area contributed by atoms with E-state index in [4.69, 9.17) is 5.73 Å². The molecule has 0 amide bonds. The third kappa shape index (κ3) is 4.34. The maximum Gasteiger partial charge on any atom is 0.293 e. The molecule has 4 rings (SSSR count). The summed E-state index contributed by atoms with van der Waals surface area (Å²) in [5.41, 5.74) is 12.5. The lowest BCUT2D eigenvalue weighted by Gasteiger charge is -2.34. The maximum atomic E-state index is 12.8. The summed E-state index contributed by atoms with van der Waals surface area (Å²) in [6, 6.07) is 11.8. The van der Waals surface area contributed by atoms with E-state index in [0.717, 1.165) is 48.4 Å². The molecule has 1 aliphatic heterocycles. The SMILES string of the molecule is Cc1cccc(-c2cn(C)c(=O)c(Nc3ccc(N4CCCC(CO)C4)c(N)c3)n2)c1C. The van der Waals surface area contributed by atoms with Gasteiger partial charge in [-0.3, -0.25) is 4.79 Å². The Balaban J connectivity index is 1.63. The molecule has 0 aliphatic carbocycles. The topological polar surface area (TPSA) is 96.4 Å². The molecule has 4 N–H and O–H groups in total. The van der Waals surface area contributed by atoms with Crippen molar-refractivity contribution in [1.29, 1.82) is 0 Å². The zero-order valence-electron chi connectivity index (χ0n) is 18.9. The zero-order valence-corrected chi connectivity index (χ0v) is 18.9. The lowest BCUT2D eigenvalue weighted by molar-refractivity contribution is 0.209. The Morgan fingerprint density at radius 1 is 1.25 bits per heavy atom. The first-order valence-electron chi connectivity index (χ1n) is 11.0. The highest BCUT2D eigenvalue weighted by atomic mass is 16.3. The number of benzene rings is 2. The summed E-state index contributed by atoms with van der Waals surface area (Å²) < 4.78 is 1.55. The van der Waals surface area contributed by atoms with Crippen LogP contribution >= 0.6 is 0 Å². The van der Waals surface area contributed by atoms with E-state index in [1.165, 1.54) is 5.56 Å². The Hall–Kier alpha value is -3.32. The van der Waals surface area contributed by atoms with E-state index in [2.05, 4.69) is 35.1 Å². The Kier molecular flexibility index (Phi) is 6.19. The molecule has 7 nitrogen and oxygen atoms in total. The van der Waals surface area contributed by atoms with Crippen molar-refractivity contribution in [3.63, 3.8) is 0 Å². The molecule has 1 aliphatic rings. The number of nitrogens with zero attached hydrogens (tertiary/aromatic N) is 3. The van der Waals surface area contributed by atoms with Crippen molar-refractivity contribution in [2.24, 2.45) is 13.0 Å². The number of aryl methyl sites for hydroxylation is 2. The van der Waals surface area contributed by atoms with Gasteiger partial charge in [0.1, 0.15) is 0 Å². The molecule has 0 bridgehead atoms. The minimum Gasteiger partial charge on any atom is -0.397 e. The summed E-state index contributed by atoms with van der Waals surface area (Å²) in [6.07, 6.45) is 3.84. The van der Waals surface area contributed by atoms with Crippen LogP contribution in [0.3, 0.4) is 0 Å².